The summed E-state index contributed by atoms with van der Waals surface area (Å²) in [6.07, 6.45) is 4.03. The van der Waals surface area contributed by atoms with E-state index in [4.69, 9.17) is 14.5 Å². The van der Waals surface area contributed by atoms with E-state index < -0.39 is 0 Å². The van der Waals surface area contributed by atoms with E-state index in [1.54, 1.807) is 19.2 Å². The van der Waals surface area contributed by atoms with Crippen molar-refractivity contribution < 1.29 is 13.9 Å². The summed E-state index contributed by atoms with van der Waals surface area (Å²) in [7, 11) is 1.66. The number of rotatable bonds is 6. The van der Waals surface area contributed by atoms with Crippen molar-refractivity contribution in [2.45, 2.75) is 25.5 Å². The highest BCUT2D eigenvalue weighted by atomic mass is 19.1. The number of imidazole rings is 1. The van der Waals surface area contributed by atoms with Gasteiger partial charge in [-0.05, 0) is 48.4 Å². The van der Waals surface area contributed by atoms with Gasteiger partial charge in [-0.2, -0.15) is 0 Å². The minimum Gasteiger partial charge on any atom is -0.497 e. The Morgan fingerprint density at radius 1 is 1.12 bits per heavy atom. The maximum atomic E-state index is 13.1. The van der Waals surface area contributed by atoms with Crippen LogP contribution in [0.2, 0.25) is 0 Å². The van der Waals surface area contributed by atoms with E-state index in [9.17, 15) is 4.39 Å². The van der Waals surface area contributed by atoms with Crippen LogP contribution in [-0.4, -0.2) is 23.3 Å². The van der Waals surface area contributed by atoms with Crippen LogP contribution in [-0.2, 0) is 17.8 Å². The molecule has 1 aliphatic rings. The standard InChI is InChI=1S/C21H21FN2O2/c1-25-19-9-2-15(3-10-19)13-26-14-18-8-11-21-23-20(12-24(18)21)16-4-6-17(22)7-5-16/h2-7,9-10,12,18H,8,11,13-14H2,1H3/t18-/m0/s1. The van der Waals surface area contributed by atoms with E-state index >= 15 is 0 Å². The number of hydrogen-bond donors (Lipinski definition) is 0. The molecule has 1 atom stereocenters. The highest BCUT2D eigenvalue weighted by Gasteiger charge is 2.24. The quantitative estimate of drug-likeness (QED) is 0.660. The summed E-state index contributed by atoms with van der Waals surface area (Å²) in [4.78, 5) is 4.70. The van der Waals surface area contributed by atoms with Gasteiger partial charge in [0.2, 0.25) is 0 Å². The van der Waals surface area contributed by atoms with Gasteiger partial charge in [0.1, 0.15) is 17.4 Å². The summed E-state index contributed by atoms with van der Waals surface area (Å²) in [5.41, 5.74) is 2.95. The van der Waals surface area contributed by atoms with E-state index in [1.165, 1.54) is 12.1 Å². The first-order valence-corrected chi connectivity index (χ1v) is 8.77. The van der Waals surface area contributed by atoms with Crippen LogP contribution >= 0.6 is 0 Å². The lowest BCUT2D eigenvalue weighted by Gasteiger charge is -2.13. The van der Waals surface area contributed by atoms with Gasteiger partial charge in [0.15, 0.2) is 0 Å². The fourth-order valence-electron chi connectivity index (χ4n) is 3.33. The summed E-state index contributed by atoms with van der Waals surface area (Å²) in [5.74, 6) is 1.69. The van der Waals surface area contributed by atoms with Crippen LogP contribution in [0.25, 0.3) is 11.3 Å². The molecule has 0 unspecified atom stereocenters. The second kappa shape index (κ2) is 7.30. The van der Waals surface area contributed by atoms with Crippen molar-refractivity contribution >= 4 is 0 Å². The van der Waals surface area contributed by atoms with Crippen molar-refractivity contribution in [2.75, 3.05) is 13.7 Å². The zero-order valence-electron chi connectivity index (χ0n) is 14.7. The fraction of sp³-hybridized carbons (Fsp3) is 0.286. The number of aromatic nitrogens is 2. The number of benzene rings is 2. The minimum atomic E-state index is -0.231. The topological polar surface area (TPSA) is 36.3 Å². The molecule has 0 amide bonds. The first kappa shape index (κ1) is 16.8. The number of fused-ring (bicyclic) bond motifs is 1. The van der Waals surface area contributed by atoms with Crippen molar-refractivity contribution in [3.05, 3.63) is 71.9 Å². The monoisotopic (exact) mass is 352 g/mol. The molecule has 4 nitrogen and oxygen atoms in total. The van der Waals surface area contributed by atoms with Gasteiger partial charge in [0.05, 0.1) is 32.1 Å². The molecule has 0 saturated heterocycles. The average molecular weight is 352 g/mol. The largest absolute Gasteiger partial charge is 0.497 e. The molecule has 2 aromatic carbocycles. The summed E-state index contributed by atoms with van der Waals surface area (Å²) in [6, 6.07) is 14.7. The van der Waals surface area contributed by atoms with Gasteiger partial charge in [0, 0.05) is 18.2 Å². The lowest BCUT2D eigenvalue weighted by molar-refractivity contribution is 0.0921. The first-order valence-electron chi connectivity index (χ1n) is 8.77. The second-order valence-corrected chi connectivity index (χ2v) is 6.51. The highest BCUT2D eigenvalue weighted by Crippen LogP contribution is 2.30. The van der Waals surface area contributed by atoms with E-state index in [1.807, 2.05) is 24.3 Å². The van der Waals surface area contributed by atoms with Gasteiger partial charge in [0.25, 0.3) is 0 Å². The highest BCUT2D eigenvalue weighted by molar-refractivity contribution is 5.58. The molecule has 0 fully saturated rings. The van der Waals surface area contributed by atoms with E-state index in [0.29, 0.717) is 19.3 Å². The Morgan fingerprint density at radius 3 is 2.62 bits per heavy atom. The van der Waals surface area contributed by atoms with Crippen LogP contribution in [0, 0.1) is 5.82 Å². The smallest absolute Gasteiger partial charge is 0.123 e. The van der Waals surface area contributed by atoms with E-state index in [-0.39, 0.29) is 5.82 Å². The van der Waals surface area contributed by atoms with Crippen molar-refractivity contribution in [1.29, 1.82) is 0 Å². The Labute approximate surface area is 152 Å². The molecule has 0 saturated carbocycles. The molecule has 0 bridgehead atoms. The Bertz CT molecular complexity index is 872. The average Bonchev–Trinajstić information content (AvgIpc) is 3.25. The summed E-state index contributed by atoms with van der Waals surface area (Å²) >= 11 is 0. The van der Waals surface area contributed by atoms with E-state index in [2.05, 4.69) is 10.8 Å². The Balaban J connectivity index is 1.38. The van der Waals surface area contributed by atoms with Crippen LogP contribution < -0.4 is 4.74 Å². The van der Waals surface area contributed by atoms with Crippen molar-refractivity contribution in [2.24, 2.45) is 0 Å². The predicted molar refractivity (Wildman–Crippen MR) is 97.6 cm³/mol. The van der Waals surface area contributed by atoms with Crippen LogP contribution in [0.1, 0.15) is 23.9 Å². The molecular formula is C21H21FN2O2. The SMILES string of the molecule is COc1ccc(COC[C@@H]2CCc3nc(-c4ccc(F)cc4)cn32)cc1. The predicted octanol–water partition coefficient (Wildman–Crippen LogP) is 4.40. The zero-order chi connectivity index (χ0) is 17.9. The van der Waals surface area contributed by atoms with Crippen LogP contribution in [0.4, 0.5) is 4.39 Å². The number of halogens is 1. The molecule has 0 N–H and O–H groups in total. The van der Waals surface area contributed by atoms with Gasteiger partial charge in [-0.3, -0.25) is 0 Å². The molecule has 5 heteroatoms. The number of nitrogens with zero attached hydrogens (tertiary/aromatic N) is 2. The van der Waals surface area contributed by atoms with Gasteiger partial charge in [-0.15, -0.1) is 0 Å². The number of hydrogen-bond acceptors (Lipinski definition) is 3. The summed E-state index contributed by atoms with van der Waals surface area (Å²) in [5, 5.41) is 0. The normalized spacial score (nSPS) is 15.8. The summed E-state index contributed by atoms with van der Waals surface area (Å²) < 4.78 is 26.4. The minimum absolute atomic E-state index is 0.231. The maximum absolute atomic E-state index is 13.1. The van der Waals surface area contributed by atoms with Crippen molar-refractivity contribution in [1.82, 2.24) is 9.55 Å². The molecule has 0 radical (unpaired) electrons. The fourth-order valence-corrected chi connectivity index (χ4v) is 3.33. The van der Waals surface area contributed by atoms with Gasteiger partial charge >= 0.3 is 0 Å². The van der Waals surface area contributed by atoms with Crippen LogP contribution in [0.5, 0.6) is 5.75 Å². The third-order valence-electron chi connectivity index (χ3n) is 4.78. The lowest BCUT2D eigenvalue weighted by Crippen LogP contribution is -2.10. The van der Waals surface area contributed by atoms with Crippen LogP contribution in [0.15, 0.2) is 54.7 Å². The van der Waals surface area contributed by atoms with Gasteiger partial charge < -0.3 is 14.0 Å². The number of methoxy groups -OCH3 is 1. The maximum Gasteiger partial charge on any atom is 0.123 e. The number of aryl methyl sites for hydroxylation is 1. The third kappa shape index (κ3) is 3.48. The molecule has 4 rings (SSSR count). The second-order valence-electron chi connectivity index (χ2n) is 6.51. The van der Waals surface area contributed by atoms with E-state index in [0.717, 1.165) is 41.2 Å². The third-order valence-corrected chi connectivity index (χ3v) is 4.78. The van der Waals surface area contributed by atoms with Crippen molar-refractivity contribution in [3.63, 3.8) is 0 Å². The lowest BCUT2D eigenvalue weighted by atomic mass is 10.1. The molecule has 0 spiro atoms. The van der Waals surface area contributed by atoms with Crippen LogP contribution in [0.3, 0.4) is 0 Å². The molecule has 3 aromatic rings. The Morgan fingerprint density at radius 2 is 1.88 bits per heavy atom. The number of ether oxygens (including phenoxy) is 2. The van der Waals surface area contributed by atoms with Gasteiger partial charge in [-0.1, -0.05) is 12.1 Å². The molecular weight excluding hydrogens is 331 g/mol. The molecule has 2 heterocycles. The molecule has 26 heavy (non-hydrogen) atoms. The molecule has 0 aliphatic carbocycles. The molecule has 1 aromatic heterocycles. The Hall–Kier alpha value is -2.66. The van der Waals surface area contributed by atoms with Crippen molar-refractivity contribution in [3.8, 4) is 17.0 Å². The van der Waals surface area contributed by atoms with Gasteiger partial charge in [-0.25, -0.2) is 9.37 Å². The molecule has 134 valence electrons. The summed E-state index contributed by atoms with van der Waals surface area (Å²) in [6.45, 7) is 1.23. The first-order chi connectivity index (χ1) is 12.7. The Kier molecular flexibility index (Phi) is 4.71. The molecule has 1 aliphatic heterocycles. The zero-order valence-corrected chi connectivity index (χ0v) is 14.7.